The summed E-state index contributed by atoms with van der Waals surface area (Å²) in [5, 5.41) is 6.80. The number of hydrogen-bond acceptors (Lipinski definition) is 4. The summed E-state index contributed by atoms with van der Waals surface area (Å²) in [4.78, 5) is 6.71. The lowest BCUT2D eigenvalue weighted by molar-refractivity contribution is 0.254. The van der Waals surface area contributed by atoms with Crippen LogP contribution in [0, 0.1) is 0 Å². The van der Waals surface area contributed by atoms with E-state index >= 15 is 0 Å². The van der Waals surface area contributed by atoms with Gasteiger partial charge in [0.1, 0.15) is 17.6 Å². The van der Waals surface area contributed by atoms with Crippen molar-refractivity contribution < 1.29 is 9.47 Å². The molecule has 0 aromatic heterocycles. The average molecular weight is 518 g/mol. The Hall–Kier alpha value is -1.22. The number of ether oxygens (including phenoxy) is 2. The Kier molecular flexibility index (Phi) is 11.7. The molecule has 2 N–H and O–H groups in total. The average Bonchev–Trinajstić information content (AvgIpc) is 3.02. The van der Waals surface area contributed by atoms with Crippen LogP contribution in [0.25, 0.3) is 0 Å². The van der Waals surface area contributed by atoms with Crippen molar-refractivity contribution in [1.82, 2.24) is 15.5 Å². The molecule has 0 aliphatic carbocycles. The summed E-state index contributed by atoms with van der Waals surface area (Å²) in [5.74, 6) is 2.72. The molecule has 0 spiro atoms. The molecule has 1 heterocycles. The van der Waals surface area contributed by atoms with Crippen LogP contribution in [0.3, 0.4) is 0 Å². The van der Waals surface area contributed by atoms with Gasteiger partial charge in [0.25, 0.3) is 0 Å². The van der Waals surface area contributed by atoms with Crippen LogP contribution in [0.15, 0.2) is 17.1 Å². The molecule has 2 rings (SSSR count). The van der Waals surface area contributed by atoms with Gasteiger partial charge in [-0.05, 0) is 66.3 Å². The van der Waals surface area contributed by atoms with E-state index in [9.17, 15) is 0 Å². The molecule has 0 saturated carbocycles. The number of unbranched alkanes of at least 4 members (excludes halogenated alkanes) is 1. The van der Waals surface area contributed by atoms with Gasteiger partial charge in [0.15, 0.2) is 5.96 Å². The lowest BCUT2D eigenvalue weighted by atomic mass is 10.1. The molecule has 1 aliphatic rings. The summed E-state index contributed by atoms with van der Waals surface area (Å²) >= 11 is 0. The highest BCUT2D eigenvalue weighted by molar-refractivity contribution is 14.0. The molecule has 1 atom stereocenters. The first-order valence-electron chi connectivity index (χ1n) is 10.5. The highest BCUT2D eigenvalue weighted by Crippen LogP contribution is 2.35. The summed E-state index contributed by atoms with van der Waals surface area (Å²) in [6, 6.07) is 4.83. The number of aliphatic imine (C=N–C) groups is 1. The van der Waals surface area contributed by atoms with Gasteiger partial charge in [-0.15, -0.1) is 24.0 Å². The molecule has 0 fully saturated rings. The Morgan fingerprint density at radius 2 is 2.07 bits per heavy atom. The van der Waals surface area contributed by atoms with Gasteiger partial charge in [-0.25, -0.2) is 0 Å². The Morgan fingerprint density at radius 1 is 1.31 bits per heavy atom. The SMILES string of the molecule is CCOc1cc2c(cc1CNC(=NC)NCCCCN(C)C(C)C)OC(C)C2.I. The minimum absolute atomic E-state index is 0. The first-order valence-corrected chi connectivity index (χ1v) is 10.5. The van der Waals surface area contributed by atoms with Crippen molar-refractivity contribution in [2.45, 2.75) is 65.6 Å². The molecule has 29 heavy (non-hydrogen) atoms. The van der Waals surface area contributed by atoms with E-state index in [1.54, 1.807) is 7.05 Å². The highest BCUT2D eigenvalue weighted by Gasteiger charge is 2.21. The van der Waals surface area contributed by atoms with Gasteiger partial charge in [0.2, 0.25) is 0 Å². The summed E-state index contributed by atoms with van der Waals surface area (Å²) in [5.41, 5.74) is 2.32. The van der Waals surface area contributed by atoms with Gasteiger partial charge in [-0.1, -0.05) is 0 Å². The van der Waals surface area contributed by atoms with Gasteiger partial charge >= 0.3 is 0 Å². The molecule has 1 aromatic carbocycles. The van der Waals surface area contributed by atoms with Crippen LogP contribution in [-0.2, 0) is 13.0 Å². The van der Waals surface area contributed by atoms with E-state index in [-0.39, 0.29) is 30.1 Å². The van der Waals surface area contributed by atoms with Crippen molar-refractivity contribution in [3.8, 4) is 11.5 Å². The number of nitrogens with one attached hydrogen (secondary N) is 2. The Morgan fingerprint density at radius 3 is 2.72 bits per heavy atom. The first-order chi connectivity index (χ1) is 13.4. The maximum atomic E-state index is 5.91. The Balaban J connectivity index is 0.00000420. The number of guanidine groups is 1. The number of halogens is 1. The molecular formula is C22H39IN4O2. The van der Waals surface area contributed by atoms with Crippen molar-refractivity contribution in [1.29, 1.82) is 0 Å². The number of rotatable bonds is 10. The fourth-order valence-electron chi connectivity index (χ4n) is 3.26. The second-order valence-electron chi connectivity index (χ2n) is 7.77. The Labute approximate surface area is 193 Å². The Bertz CT molecular complexity index is 652. The van der Waals surface area contributed by atoms with Crippen molar-refractivity contribution in [3.63, 3.8) is 0 Å². The summed E-state index contributed by atoms with van der Waals surface area (Å²) in [6.07, 6.45) is 3.47. The molecule has 7 heteroatoms. The van der Waals surface area contributed by atoms with Gasteiger partial charge in [0, 0.05) is 43.7 Å². The monoisotopic (exact) mass is 518 g/mol. The number of nitrogens with zero attached hydrogens (tertiary/aromatic N) is 2. The molecule has 1 aromatic rings. The fraction of sp³-hybridized carbons (Fsp3) is 0.682. The van der Waals surface area contributed by atoms with Crippen LogP contribution in [0.1, 0.15) is 51.7 Å². The van der Waals surface area contributed by atoms with Crippen LogP contribution in [0.5, 0.6) is 11.5 Å². The van der Waals surface area contributed by atoms with Crippen LogP contribution in [0.2, 0.25) is 0 Å². The minimum Gasteiger partial charge on any atom is -0.494 e. The third kappa shape index (κ3) is 8.20. The molecule has 166 valence electrons. The maximum absolute atomic E-state index is 5.91. The van der Waals surface area contributed by atoms with Crippen LogP contribution < -0.4 is 20.1 Å². The third-order valence-corrected chi connectivity index (χ3v) is 5.16. The van der Waals surface area contributed by atoms with Gasteiger partial charge < -0.3 is 25.0 Å². The minimum atomic E-state index is 0. The summed E-state index contributed by atoms with van der Waals surface area (Å²) < 4.78 is 11.8. The van der Waals surface area contributed by atoms with Crippen molar-refractivity contribution in [3.05, 3.63) is 23.3 Å². The first kappa shape index (κ1) is 25.8. The lowest BCUT2D eigenvalue weighted by Gasteiger charge is -2.20. The van der Waals surface area contributed by atoms with Gasteiger partial charge in [0.05, 0.1) is 6.61 Å². The molecular weight excluding hydrogens is 479 g/mol. The van der Waals surface area contributed by atoms with E-state index < -0.39 is 0 Å². The predicted octanol–water partition coefficient (Wildman–Crippen LogP) is 3.81. The van der Waals surface area contributed by atoms with Crippen LogP contribution >= 0.6 is 24.0 Å². The zero-order valence-electron chi connectivity index (χ0n) is 18.9. The van der Waals surface area contributed by atoms with Crippen LogP contribution in [-0.4, -0.2) is 56.8 Å². The maximum Gasteiger partial charge on any atom is 0.191 e. The number of benzene rings is 1. The predicted molar refractivity (Wildman–Crippen MR) is 132 cm³/mol. The van der Waals surface area contributed by atoms with Gasteiger partial charge in [-0.3, -0.25) is 4.99 Å². The summed E-state index contributed by atoms with van der Waals surface area (Å²) in [6.45, 7) is 11.9. The molecule has 1 unspecified atom stereocenters. The largest absolute Gasteiger partial charge is 0.494 e. The molecule has 0 radical (unpaired) electrons. The molecule has 0 amide bonds. The topological polar surface area (TPSA) is 58.1 Å². The highest BCUT2D eigenvalue weighted by atomic mass is 127. The van der Waals surface area contributed by atoms with Crippen molar-refractivity contribution in [2.75, 3.05) is 33.8 Å². The smallest absolute Gasteiger partial charge is 0.191 e. The number of hydrogen-bond donors (Lipinski definition) is 2. The molecule has 0 saturated heterocycles. The zero-order chi connectivity index (χ0) is 20.5. The fourth-order valence-corrected chi connectivity index (χ4v) is 3.26. The number of fused-ring (bicyclic) bond motifs is 1. The van der Waals surface area contributed by atoms with E-state index in [1.807, 2.05) is 6.92 Å². The van der Waals surface area contributed by atoms with Crippen LogP contribution in [0.4, 0.5) is 0 Å². The quantitative estimate of drug-likeness (QED) is 0.214. The zero-order valence-corrected chi connectivity index (χ0v) is 21.2. The van der Waals surface area contributed by atoms with Crippen molar-refractivity contribution >= 4 is 29.9 Å². The van der Waals surface area contributed by atoms with E-state index in [0.717, 1.165) is 49.0 Å². The van der Waals surface area contributed by atoms with Crippen molar-refractivity contribution in [2.24, 2.45) is 4.99 Å². The molecule has 6 nitrogen and oxygen atoms in total. The second-order valence-corrected chi connectivity index (χ2v) is 7.77. The van der Waals surface area contributed by atoms with E-state index in [4.69, 9.17) is 9.47 Å². The normalized spacial score (nSPS) is 15.7. The van der Waals surface area contributed by atoms with Gasteiger partial charge in [-0.2, -0.15) is 0 Å². The second kappa shape index (κ2) is 13.2. The summed E-state index contributed by atoms with van der Waals surface area (Å²) in [7, 11) is 3.98. The standard InChI is InChI=1S/C22H38N4O2.HI/c1-7-27-20-13-18-12-17(4)28-21(18)14-19(20)15-25-22(23-5)24-10-8-9-11-26(6)16(2)3;/h13-14,16-17H,7-12,15H2,1-6H3,(H2,23,24,25);1H. The lowest BCUT2D eigenvalue weighted by Crippen LogP contribution is -2.37. The molecule has 1 aliphatic heterocycles. The van der Waals surface area contributed by atoms with E-state index in [1.165, 1.54) is 12.0 Å². The van der Waals surface area contributed by atoms with E-state index in [0.29, 0.717) is 19.2 Å². The van der Waals surface area contributed by atoms with E-state index in [2.05, 4.69) is 60.5 Å². The third-order valence-electron chi connectivity index (χ3n) is 5.16. The molecule has 0 bridgehead atoms.